The van der Waals surface area contributed by atoms with Gasteiger partial charge in [-0.25, -0.2) is 4.98 Å². The monoisotopic (exact) mass is 336 g/mol. The molecule has 0 saturated heterocycles. The first-order chi connectivity index (χ1) is 12.2. The van der Waals surface area contributed by atoms with Crippen LogP contribution in [0.15, 0.2) is 59.0 Å². The van der Waals surface area contributed by atoms with Crippen LogP contribution in [0.1, 0.15) is 22.0 Å². The van der Waals surface area contributed by atoms with Crippen LogP contribution in [0.3, 0.4) is 0 Å². The summed E-state index contributed by atoms with van der Waals surface area (Å²) >= 11 is 0. The molecule has 0 radical (unpaired) electrons. The molecule has 0 atom stereocenters. The maximum atomic E-state index is 12.3. The van der Waals surface area contributed by atoms with Crippen LogP contribution in [0.2, 0.25) is 0 Å². The topological polar surface area (TPSA) is 64.4 Å². The molecular formula is C20H20N2O3. The smallest absolute Gasteiger partial charge is 0.251 e. The van der Waals surface area contributed by atoms with E-state index in [0.29, 0.717) is 30.2 Å². The number of carbonyl (C=O) groups excluding carboxylic acids is 1. The zero-order valence-corrected chi connectivity index (χ0v) is 14.3. The van der Waals surface area contributed by atoms with Crippen molar-refractivity contribution in [2.75, 3.05) is 13.7 Å². The van der Waals surface area contributed by atoms with Crippen molar-refractivity contribution in [1.82, 2.24) is 10.3 Å². The van der Waals surface area contributed by atoms with Gasteiger partial charge >= 0.3 is 0 Å². The fraction of sp³-hybridized carbons (Fsp3) is 0.200. The minimum absolute atomic E-state index is 0.142. The Morgan fingerprint density at radius 3 is 2.72 bits per heavy atom. The molecule has 1 N–H and O–H groups in total. The number of aromatic nitrogens is 1. The molecule has 3 aromatic rings. The first-order valence-electron chi connectivity index (χ1n) is 8.11. The molecule has 0 aliphatic carbocycles. The van der Waals surface area contributed by atoms with E-state index in [9.17, 15) is 4.79 Å². The Morgan fingerprint density at radius 1 is 1.16 bits per heavy atom. The molecule has 1 amide bonds. The SMILES string of the molecule is COc1cccc(C(=O)NCCc2oc(C)nc2-c2ccccc2)c1. The summed E-state index contributed by atoms with van der Waals surface area (Å²) in [6, 6.07) is 17.0. The number of carbonyl (C=O) groups is 1. The highest BCUT2D eigenvalue weighted by Gasteiger charge is 2.13. The summed E-state index contributed by atoms with van der Waals surface area (Å²) < 4.78 is 10.9. The third-order valence-electron chi connectivity index (χ3n) is 3.82. The van der Waals surface area contributed by atoms with Gasteiger partial charge in [-0.2, -0.15) is 0 Å². The van der Waals surface area contributed by atoms with Gasteiger partial charge in [0.05, 0.1) is 7.11 Å². The lowest BCUT2D eigenvalue weighted by Gasteiger charge is -2.06. The van der Waals surface area contributed by atoms with E-state index >= 15 is 0 Å². The van der Waals surface area contributed by atoms with Crippen molar-refractivity contribution in [2.24, 2.45) is 0 Å². The number of aryl methyl sites for hydroxylation is 1. The van der Waals surface area contributed by atoms with E-state index in [4.69, 9.17) is 9.15 Å². The molecule has 5 heteroatoms. The summed E-state index contributed by atoms with van der Waals surface area (Å²) in [6.07, 6.45) is 0.570. The van der Waals surface area contributed by atoms with E-state index in [1.54, 1.807) is 31.4 Å². The van der Waals surface area contributed by atoms with E-state index < -0.39 is 0 Å². The summed E-state index contributed by atoms with van der Waals surface area (Å²) in [7, 11) is 1.58. The second-order valence-electron chi connectivity index (χ2n) is 5.61. The van der Waals surface area contributed by atoms with Crippen molar-refractivity contribution in [1.29, 1.82) is 0 Å². The molecule has 1 aromatic heterocycles. The number of ether oxygens (including phenoxy) is 1. The van der Waals surface area contributed by atoms with Crippen LogP contribution in [0.5, 0.6) is 5.75 Å². The second-order valence-corrected chi connectivity index (χ2v) is 5.61. The molecule has 5 nitrogen and oxygen atoms in total. The molecule has 1 heterocycles. The van der Waals surface area contributed by atoms with Crippen molar-refractivity contribution in [3.8, 4) is 17.0 Å². The van der Waals surface area contributed by atoms with Crippen molar-refractivity contribution in [3.63, 3.8) is 0 Å². The second kappa shape index (κ2) is 7.66. The number of methoxy groups -OCH3 is 1. The van der Waals surface area contributed by atoms with E-state index in [1.807, 2.05) is 37.3 Å². The number of nitrogens with zero attached hydrogens (tertiary/aromatic N) is 1. The molecule has 25 heavy (non-hydrogen) atoms. The van der Waals surface area contributed by atoms with Gasteiger partial charge in [0.25, 0.3) is 5.91 Å². The highest BCUT2D eigenvalue weighted by Crippen LogP contribution is 2.24. The summed E-state index contributed by atoms with van der Waals surface area (Å²) in [5.41, 5.74) is 2.40. The lowest BCUT2D eigenvalue weighted by Crippen LogP contribution is -2.25. The summed E-state index contributed by atoms with van der Waals surface area (Å²) in [5, 5.41) is 2.90. The first-order valence-corrected chi connectivity index (χ1v) is 8.11. The third-order valence-corrected chi connectivity index (χ3v) is 3.82. The van der Waals surface area contributed by atoms with Crippen LogP contribution in [0.25, 0.3) is 11.3 Å². The van der Waals surface area contributed by atoms with Gasteiger partial charge in [0.1, 0.15) is 17.2 Å². The van der Waals surface area contributed by atoms with Gasteiger partial charge in [0.15, 0.2) is 5.89 Å². The van der Waals surface area contributed by atoms with Crippen molar-refractivity contribution >= 4 is 5.91 Å². The molecule has 0 aliphatic rings. The van der Waals surface area contributed by atoms with E-state index in [1.165, 1.54) is 0 Å². The zero-order chi connectivity index (χ0) is 17.6. The van der Waals surface area contributed by atoms with Gasteiger partial charge < -0.3 is 14.5 Å². The van der Waals surface area contributed by atoms with Gasteiger partial charge in [-0.1, -0.05) is 36.4 Å². The summed E-state index contributed by atoms with van der Waals surface area (Å²) in [6.45, 7) is 2.29. The van der Waals surface area contributed by atoms with Crippen molar-refractivity contribution in [2.45, 2.75) is 13.3 Å². The minimum atomic E-state index is -0.142. The fourth-order valence-electron chi connectivity index (χ4n) is 2.62. The van der Waals surface area contributed by atoms with Crippen LogP contribution in [0, 0.1) is 6.92 Å². The van der Waals surface area contributed by atoms with Crippen LogP contribution >= 0.6 is 0 Å². The Balaban J connectivity index is 1.65. The molecule has 0 fully saturated rings. The number of benzene rings is 2. The summed E-state index contributed by atoms with van der Waals surface area (Å²) in [4.78, 5) is 16.7. The average Bonchev–Trinajstić information content (AvgIpc) is 3.03. The number of amides is 1. The zero-order valence-electron chi connectivity index (χ0n) is 14.3. The molecule has 0 saturated carbocycles. The maximum absolute atomic E-state index is 12.3. The fourth-order valence-corrected chi connectivity index (χ4v) is 2.62. The standard InChI is InChI=1S/C20H20N2O3/c1-14-22-19(15-7-4-3-5-8-15)18(25-14)11-12-21-20(23)16-9-6-10-17(13-16)24-2/h3-10,13H,11-12H2,1-2H3,(H,21,23). The Morgan fingerprint density at radius 2 is 1.96 bits per heavy atom. The van der Waals surface area contributed by atoms with Crippen molar-refractivity contribution < 1.29 is 13.9 Å². The molecule has 0 bridgehead atoms. The Labute approximate surface area is 146 Å². The number of rotatable bonds is 6. The molecular weight excluding hydrogens is 316 g/mol. The van der Waals surface area contributed by atoms with Gasteiger partial charge in [-0.05, 0) is 18.2 Å². The molecule has 0 aliphatic heterocycles. The van der Waals surface area contributed by atoms with Crippen LogP contribution in [-0.2, 0) is 6.42 Å². The lowest BCUT2D eigenvalue weighted by molar-refractivity contribution is 0.0953. The Hall–Kier alpha value is -3.08. The lowest BCUT2D eigenvalue weighted by atomic mass is 10.1. The largest absolute Gasteiger partial charge is 0.497 e. The average molecular weight is 336 g/mol. The maximum Gasteiger partial charge on any atom is 0.251 e. The van der Waals surface area contributed by atoms with Gasteiger partial charge in [-0.3, -0.25) is 4.79 Å². The molecule has 3 rings (SSSR count). The number of nitrogens with one attached hydrogen (secondary N) is 1. The van der Waals surface area contributed by atoms with Gasteiger partial charge in [0.2, 0.25) is 0 Å². The highest BCUT2D eigenvalue weighted by molar-refractivity contribution is 5.94. The van der Waals surface area contributed by atoms with E-state index in [-0.39, 0.29) is 5.91 Å². The predicted molar refractivity (Wildman–Crippen MR) is 95.7 cm³/mol. The number of hydrogen-bond acceptors (Lipinski definition) is 4. The third kappa shape index (κ3) is 4.07. The molecule has 0 spiro atoms. The van der Waals surface area contributed by atoms with Crippen LogP contribution in [-0.4, -0.2) is 24.5 Å². The van der Waals surface area contributed by atoms with Gasteiger partial charge in [-0.15, -0.1) is 0 Å². The number of oxazole rings is 1. The quantitative estimate of drug-likeness (QED) is 0.746. The Bertz CT molecular complexity index is 856. The van der Waals surface area contributed by atoms with Crippen LogP contribution < -0.4 is 10.1 Å². The minimum Gasteiger partial charge on any atom is -0.497 e. The van der Waals surface area contributed by atoms with Crippen molar-refractivity contribution in [3.05, 3.63) is 71.8 Å². The number of hydrogen-bond donors (Lipinski definition) is 1. The van der Waals surface area contributed by atoms with Gasteiger partial charge in [0, 0.05) is 31.0 Å². The molecule has 0 unspecified atom stereocenters. The van der Waals surface area contributed by atoms with E-state index in [0.717, 1.165) is 17.0 Å². The van der Waals surface area contributed by atoms with Crippen LogP contribution in [0.4, 0.5) is 0 Å². The highest BCUT2D eigenvalue weighted by atomic mass is 16.5. The molecule has 2 aromatic carbocycles. The van der Waals surface area contributed by atoms with E-state index in [2.05, 4.69) is 10.3 Å². The normalized spacial score (nSPS) is 10.5. The summed E-state index contributed by atoms with van der Waals surface area (Å²) in [5.74, 6) is 1.91. The molecule has 128 valence electrons. The first kappa shape index (κ1) is 16.8. The Kier molecular flexibility index (Phi) is 5.14. The predicted octanol–water partition coefficient (Wildman–Crippen LogP) is 3.63.